The summed E-state index contributed by atoms with van der Waals surface area (Å²) in [5, 5.41) is 6.22. The Hall–Kier alpha value is -0.800. The first-order valence-corrected chi connectivity index (χ1v) is 4.76. The van der Waals surface area contributed by atoms with Crippen molar-refractivity contribution in [3.05, 3.63) is 28.0 Å². The van der Waals surface area contributed by atoms with Gasteiger partial charge in [0.2, 0.25) is 0 Å². The van der Waals surface area contributed by atoms with Crippen molar-refractivity contribution >= 4 is 22.9 Å². The number of aryl methyl sites for hydroxylation is 1. The minimum Gasteiger partial charge on any atom is -0.275 e. The first-order chi connectivity index (χ1) is 5.77. The van der Waals surface area contributed by atoms with Gasteiger partial charge in [-0.05, 0) is 17.5 Å². The summed E-state index contributed by atoms with van der Waals surface area (Å²) in [6, 6.07) is 3.93. The van der Waals surface area contributed by atoms with Crippen molar-refractivity contribution < 1.29 is 0 Å². The Kier molecular flexibility index (Phi) is 1.90. The third-order valence-corrected chi connectivity index (χ3v) is 2.78. The summed E-state index contributed by atoms with van der Waals surface area (Å²) in [6.45, 7) is 0. The monoisotopic (exact) mass is 198 g/mol. The SMILES string of the molecule is Cn1ccc(-c2ccsc2Cl)n1. The lowest BCUT2D eigenvalue weighted by molar-refractivity contribution is 0.771. The van der Waals surface area contributed by atoms with Gasteiger partial charge in [-0.2, -0.15) is 5.10 Å². The van der Waals surface area contributed by atoms with Crippen molar-refractivity contribution in [2.75, 3.05) is 0 Å². The lowest BCUT2D eigenvalue weighted by atomic mass is 10.2. The fourth-order valence-electron chi connectivity index (χ4n) is 1.04. The molecular formula is C8H7ClN2S. The molecule has 0 saturated carbocycles. The highest BCUT2D eigenvalue weighted by Gasteiger charge is 2.06. The Labute approximate surface area is 79.4 Å². The van der Waals surface area contributed by atoms with Gasteiger partial charge in [-0.25, -0.2) is 0 Å². The van der Waals surface area contributed by atoms with E-state index in [0.717, 1.165) is 15.6 Å². The smallest absolute Gasteiger partial charge is 0.102 e. The van der Waals surface area contributed by atoms with Gasteiger partial charge in [0.1, 0.15) is 4.34 Å². The molecule has 0 saturated heterocycles. The van der Waals surface area contributed by atoms with Crippen LogP contribution in [0.25, 0.3) is 11.3 Å². The topological polar surface area (TPSA) is 17.8 Å². The number of hydrogen-bond donors (Lipinski definition) is 0. The molecule has 2 aromatic rings. The maximum Gasteiger partial charge on any atom is 0.102 e. The molecule has 62 valence electrons. The Morgan fingerprint density at radius 1 is 1.50 bits per heavy atom. The highest BCUT2D eigenvalue weighted by Crippen LogP contribution is 2.30. The molecule has 0 aliphatic heterocycles. The standard InChI is InChI=1S/C8H7ClN2S/c1-11-4-2-7(10-11)6-3-5-12-8(6)9/h2-5H,1H3. The van der Waals surface area contributed by atoms with Crippen molar-refractivity contribution in [3.8, 4) is 11.3 Å². The Bertz CT molecular complexity index is 391. The van der Waals surface area contributed by atoms with E-state index in [2.05, 4.69) is 5.10 Å². The molecule has 2 heterocycles. The molecule has 12 heavy (non-hydrogen) atoms. The number of halogens is 1. The summed E-state index contributed by atoms with van der Waals surface area (Å²) in [6.07, 6.45) is 1.91. The number of aromatic nitrogens is 2. The van der Waals surface area contributed by atoms with Crippen LogP contribution in [0, 0.1) is 0 Å². The van der Waals surface area contributed by atoms with Gasteiger partial charge >= 0.3 is 0 Å². The molecule has 0 aromatic carbocycles. The summed E-state index contributed by atoms with van der Waals surface area (Å²) in [5.74, 6) is 0. The average molecular weight is 199 g/mol. The average Bonchev–Trinajstić information content (AvgIpc) is 2.58. The third-order valence-electron chi connectivity index (χ3n) is 1.61. The molecular weight excluding hydrogens is 192 g/mol. The van der Waals surface area contributed by atoms with E-state index in [1.54, 1.807) is 4.68 Å². The fourth-order valence-corrected chi connectivity index (χ4v) is 1.97. The van der Waals surface area contributed by atoms with E-state index in [4.69, 9.17) is 11.6 Å². The maximum atomic E-state index is 5.95. The molecule has 0 bridgehead atoms. The molecule has 0 unspecified atom stereocenters. The highest BCUT2D eigenvalue weighted by atomic mass is 35.5. The largest absolute Gasteiger partial charge is 0.275 e. The van der Waals surface area contributed by atoms with Crippen molar-refractivity contribution in [2.45, 2.75) is 0 Å². The Morgan fingerprint density at radius 2 is 2.33 bits per heavy atom. The van der Waals surface area contributed by atoms with E-state index in [9.17, 15) is 0 Å². The molecule has 0 aliphatic carbocycles. The summed E-state index contributed by atoms with van der Waals surface area (Å²) < 4.78 is 2.57. The number of thiophene rings is 1. The van der Waals surface area contributed by atoms with Crippen LogP contribution < -0.4 is 0 Å². The molecule has 0 N–H and O–H groups in total. The molecule has 0 spiro atoms. The van der Waals surface area contributed by atoms with Crippen LogP contribution in [0.2, 0.25) is 4.34 Å². The van der Waals surface area contributed by atoms with E-state index in [0.29, 0.717) is 0 Å². The molecule has 2 nitrogen and oxygen atoms in total. The van der Waals surface area contributed by atoms with Gasteiger partial charge in [0.05, 0.1) is 5.69 Å². The predicted molar refractivity (Wildman–Crippen MR) is 51.5 cm³/mol. The van der Waals surface area contributed by atoms with Crippen molar-refractivity contribution in [1.82, 2.24) is 9.78 Å². The molecule has 2 aromatic heterocycles. The third kappa shape index (κ3) is 1.26. The second-order valence-electron chi connectivity index (χ2n) is 2.48. The molecule has 0 radical (unpaired) electrons. The van der Waals surface area contributed by atoms with Gasteiger partial charge in [0.25, 0.3) is 0 Å². The van der Waals surface area contributed by atoms with Gasteiger partial charge in [-0.1, -0.05) is 11.6 Å². The van der Waals surface area contributed by atoms with Crippen LogP contribution in [0.15, 0.2) is 23.7 Å². The van der Waals surface area contributed by atoms with Crippen LogP contribution in [0.4, 0.5) is 0 Å². The van der Waals surface area contributed by atoms with E-state index in [1.165, 1.54) is 11.3 Å². The van der Waals surface area contributed by atoms with E-state index in [-0.39, 0.29) is 0 Å². The van der Waals surface area contributed by atoms with Crippen LogP contribution in [-0.4, -0.2) is 9.78 Å². The minimum absolute atomic E-state index is 0.800. The van der Waals surface area contributed by atoms with Crippen molar-refractivity contribution in [2.24, 2.45) is 7.05 Å². The van der Waals surface area contributed by atoms with Gasteiger partial charge in [-0.15, -0.1) is 11.3 Å². The molecule has 0 amide bonds. The Morgan fingerprint density at radius 3 is 2.83 bits per heavy atom. The van der Waals surface area contributed by atoms with Crippen LogP contribution in [0.1, 0.15) is 0 Å². The highest BCUT2D eigenvalue weighted by molar-refractivity contribution is 7.15. The molecule has 0 atom stereocenters. The van der Waals surface area contributed by atoms with E-state index in [1.807, 2.05) is 30.8 Å². The van der Waals surface area contributed by atoms with E-state index < -0.39 is 0 Å². The van der Waals surface area contributed by atoms with Gasteiger partial charge in [0, 0.05) is 18.8 Å². The van der Waals surface area contributed by atoms with Crippen molar-refractivity contribution in [1.29, 1.82) is 0 Å². The van der Waals surface area contributed by atoms with Crippen molar-refractivity contribution in [3.63, 3.8) is 0 Å². The zero-order valence-electron chi connectivity index (χ0n) is 6.49. The summed E-state index contributed by atoms with van der Waals surface area (Å²) >= 11 is 7.48. The van der Waals surface area contributed by atoms with Crippen LogP contribution in [0.3, 0.4) is 0 Å². The molecule has 4 heteroatoms. The van der Waals surface area contributed by atoms with Gasteiger partial charge in [-0.3, -0.25) is 4.68 Å². The lowest BCUT2D eigenvalue weighted by Gasteiger charge is -1.90. The normalized spacial score (nSPS) is 10.5. The predicted octanol–water partition coefficient (Wildman–Crippen LogP) is 2.80. The molecule has 0 fully saturated rings. The molecule has 2 rings (SSSR count). The first-order valence-electron chi connectivity index (χ1n) is 3.50. The zero-order chi connectivity index (χ0) is 8.55. The van der Waals surface area contributed by atoms with Crippen LogP contribution in [0.5, 0.6) is 0 Å². The Balaban J connectivity index is 2.50. The van der Waals surface area contributed by atoms with Crippen LogP contribution >= 0.6 is 22.9 Å². The van der Waals surface area contributed by atoms with E-state index >= 15 is 0 Å². The zero-order valence-corrected chi connectivity index (χ0v) is 8.06. The van der Waals surface area contributed by atoms with Crippen LogP contribution in [-0.2, 0) is 7.05 Å². The first kappa shape index (κ1) is 7.83. The van der Waals surface area contributed by atoms with Gasteiger partial charge < -0.3 is 0 Å². The quantitative estimate of drug-likeness (QED) is 0.689. The lowest BCUT2D eigenvalue weighted by Crippen LogP contribution is -1.86. The number of rotatable bonds is 1. The number of hydrogen-bond acceptors (Lipinski definition) is 2. The second kappa shape index (κ2) is 2.92. The molecule has 0 aliphatic rings. The summed E-state index contributed by atoms with van der Waals surface area (Å²) in [5.41, 5.74) is 1.95. The fraction of sp³-hybridized carbons (Fsp3) is 0.125. The van der Waals surface area contributed by atoms with Gasteiger partial charge in [0.15, 0.2) is 0 Å². The second-order valence-corrected chi connectivity index (χ2v) is 4.00. The minimum atomic E-state index is 0.800. The number of nitrogens with zero attached hydrogens (tertiary/aromatic N) is 2. The summed E-state index contributed by atoms with van der Waals surface area (Å²) in [7, 11) is 1.89. The maximum absolute atomic E-state index is 5.95. The summed E-state index contributed by atoms with van der Waals surface area (Å²) in [4.78, 5) is 0.